The Balaban J connectivity index is 2.45. The van der Waals surface area contributed by atoms with Crippen molar-refractivity contribution < 1.29 is 9.53 Å². The van der Waals surface area contributed by atoms with Gasteiger partial charge in [-0.1, -0.05) is 18.7 Å². The number of hydrogen-bond acceptors (Lipinski definition) is 4. The van der Waals surface area contributed by atoms with Crippen LogP contribution in [-0.2, 0) is 16.6 Å². The number of ether oxygens (including phenoxy) is 1. The molecule has 0 aliphatic carbocycles. The lowest BCUT2D eigenvalue weighted by atomic mass is 10.5. The first-order chi connectivity index (χ1) is 7.15. The third-order valence-corrected chi connectivity index (χ3v) is 2.99. The van der Waals surface area contributed by atoms with Gasteiger partial charge in [-0.15, -0.1) is 0 Å². The number of carbonyl (C=O) groups excluding carboxylic acids is 1. The van der Waals surface area contributed by atoms with Crippen LogP contribution in [0, 0.1) is 0 Å². The summed E-state index contributed by atoms with van der Waals surface area (Å²) in [6, 6.07) is 0. The highest BCUT2D eigenvalue weighted by atomic mass is 32.2. The van der Waals surface area contributed by atoms with E-state index >= 15 is 0 Å². The summed E-state index contributed by atoms with van der Waals surface area (Å²) in [5.74, 6) is -0.176. The summed E-state index contributed by atoms with van der Waals surface area (Å²) >= 11 is 1.41. The Morgan fingerprint density at radius 2 is 2.47 bits per heavy atom. The average molecular weight is 228 g/mol. The van der Waals surface area contributed by atoms with Crippen molar-refractivity contribution in [2.45, 2.75) is 30.7 Å². The molecule has 0 fully saturated rings. The SMILES string of the molecule is CCCOC(=O)C(C)Sc1nccn1C. The number of aromatic nitrogens is 2. The van der Waals surface area contributed by atoms with Crippen LogP contribution in [0.1, 0.15) is 20.3 Å². The number of hydrogen-bond donors (Lipinski definition) is 0. The molecule has 0 amide bonds. The number of rotatable bonds is 5. The van der Waals surface area contributed by atoms with Crippen LogP contribution in [0.15, 0.2) is 17.6 Å². The summed E-state index contributed by atoms with van der Waals surface area (Å²) in [4.78, 5) is 15.6. The summed E-state index contributed by atoms with van der Waals surface area (Å²) < 4.78 is 6.93. The number of thioether (sulfide) groups is 1. The normalized spacial score (nSPS) is 12.5. The monoisotopic (exact) mass is 228 g/mol. The van der Waals surface area contributed by atoms with Crippen molar-refractivity contribution in [1.29, 1.82) is 0 Å². The molecule has 0 bridgehead atoms. The molecule has 0 aliphatic heterocycles. The van der Waals surface area contributed by atoms with Gasteiger partial charge in [0.2, 0.25) is 0 Å². The molecule has 1 rings (SSSR count). The van der Waals surface area contributed by atoms with Gasteiger partial charge < -0.3 is 9.30 Å². The molecule has 1 aromatic rings. The highest BCUT2D eigenvalue weighted by molar-refractivity contribution is 8.00. The molecule has 0 N–H and O–H groups in total. The zero-order valence-corrected chi connectivity index (χ0v) is 10.1. The zero-order chi connectivity index (χ0) is 11.3. The largest absolute Gasteiger partial charge is 0.465 e. The second kappa shape index (κ2) is 5.80. The maximum atomic E-state index is 11.5. The first-order valence-electron chi connectivity index (χ1n) is 4.95. The van der Waals surface area contributed by atoms with Crippen molar-refractivity contribution in [2.24, 2.45) is 7.05 Å². The van der Waals surface area contributed by atoms with Crippen LogP contribution in [0.3, 0.4) is 0 Å². The summed E-state index contributed by atoms with van der Waals surface area (Å²) in [7, 11) is 1.90. The van der Waals surface area contributed by atoms with E-state index < -0.39 is 0 Å². The predicted octanol–water partition coefficient (Wildman–Crippen LogP) is 1.85. The molecule has 0 saturated carbocycles. The van der Waals surface area contributed by atoms with E-state index in [2.05, 4.69) is 4.98 Å². The Morgan fingerprint density at radius 3 is 3.00 bits per heavy atom. The molecule has 0 aliphatic rings. The first-order valence-corrected chi connectivity index (χ1v) is 5.83. The Bertz CT molecular complexity index is 325. The summed E-state index contributed by atoms with van der Waals surface area (Å²) in [6.45, 7) is 4.30. The molecule has 1 aromatic heterocycles. The summed E-state index contributed by atoms with van der Waals surface area (Å²) in [5.41, 5.74) is 0. The van der Waals surface area contributed by atoms with Crippen molar-refractivity contribution in [3.05, 3.63) is 12.4 Å². The van der Waals surface area contributed by atoms with Crippen molar-refractivity contribution in [2.75, 3.05) is 6.61 Å². The predicted molar refractivity (Wildman–Crippen MR) is 59.8 cm³/mol. The zero-order valence-electron chi connectivity index (χ0n) is 9.27. The van der Waals surface area contributed by atoms with Gasteiger partial charge in [0, 0.05) is 19.4 Å². The fourth-order valence-corrected chi connectivity index (χ4v) is 1.82. The third kappa shape index (κ3) is 3.58. The molecule has 5 heteroatoms. The Kier molecular flexibility index (Phi) is 4.68. The minimum atomic E-state index is -0.211. The van der Waals surface area contributed by atoms with Crippen molar-refractivity contribution in [3.63, 3.8) is 0 Å². The van der Waals surface area contributed by atoms with E-state index in [1.54, 1.807) is 6.20 Å². The fourth-order valence-electron chi connectivity index (χ4n) is 0.992. The van der Waals surface area contributed by atoms with Gasteiger partial charge in [-0.25, -0.2) is 4.98 Å². The molecule has 15 heavy (non-hydrogen) atoms. The van der Waals surface area contributed by atoms with Gasteiger partial charge in [0.25, 0.3) is 0 Å². The van der Waals surface area contributed by atoms with E-state index in [4.69, 9.17) is 4.74 Å². The minimum absolute atomic E-state index is 0.176. The molecule has 0 saturated heterocycles. The lowest BCUT2D eigenvalue weighted by Gasteiger charge is -2.09. The van der Waals surface area contributed by atoms with Gasteiger partial charge in [0.15, 0.2) is 5.16 Å². The average Bonchev–Trinajstić information content (AvgIpc) is 2.61. The van der Waals surface area contributed by atoms with Crippen LogP contribution >= 0.6 is 11.8 Å². The van der Waals surface area contributed by atoms with Gasteiger partial charge in [0.05, 0.1) is 6.61 Å². The number of carbonyl (C=O) groups is 1. The lowest BCUT2D eigenvalue weighted by molar-refractivity contribution is -0.142. The first kappa shape index (κ1) is 12.1. The third-order valence-electron chi connectivity index (χ3n) is 1.84. The Labute approximate surface area is 94.0 Å². The maximum absolute atomic E-state index is 11.5. The van der Waals surface area contributed by atoms with E-state index in [0.717, 1.165) is 11.6 Å². The van der Waals surface area contributed by atoms with Crippen LogP contribution in [-0.4, -0.2) is 27.4 Å². The molecule has 84 valence electrons. The molecular weight excluding hydrogens is 212 g/mol. The molecule has 0 radical (unpaired) electrons. The van der Waals surface area contributed by atoms with Crippen molar-refractivity contribution >= 4 is 17.7 Å². The molecule has 0 aromatic carbocycles. The second-order valence-corrected chi connectivity index (χ2v) is 4.56. The Morgan fingerprint density at radius 1 is 1.73 bits per heavy atom. The van der Waals surface area contributed by atoms with Gasteiger partial charge in [-0.3, -0.25) is 4.79 Å². The topological polar surface area (TPSA) is 44.1 Å². The number of imidazole rings is 1. The van der Waals surface area contributed by atoms with Gasteiger partial charge in [-0.2, -0.15) is 0 Å². The quantitative estimate of drug-likeness (QED) is 0.570. The van der Waals surface area contributed by atoms with E-state index in [1.165, 1.54) is 11.8 Å². The summed E-state index contributed by atoms with van der Waals surface area (Å²) in [5, 5.41) is 0.619. The van der Waals surface area contributed by atoms with Crippen LogP contribution < -0.4 is 0 Å². The number of aryl methyl sites for hydroxylation is 1. The highest BCUT2D eigenvalue weighted by Crippen LogP contribution is 2.21. The van der Waals surface area contributed by atoms with Crippen LogP contribution in [0.25, 0.3) is 0 Å². The standard InChI is InChI=1S/C10H16N2O2S/c1-4-7-14-9(13)8(2)15-10-11-5-6-12(10)3/h5-6,8H,4,7H2,1-3H3. The van der Waals surface area contributed by atoms with Gasteiger partial charge >= 0.3 is 5.97 Å². The van der Waals surface area contributed by atoms with Gasteiger partial charge in [0.1, 0.15) is 5.25 Å². The van der Waals surface area contributed by atoms with Crippen LogP contribution in [0.4, 0.5) is 0 Å². The smallest absolute Gasteiger partial charge is 0.319 e. The van der Waals surface area contributed by atoms with E-state index in [1.807, 2.05) is 31.7 Å². The van der Waals surface area contributed by atoms with Crippen LogP contribution in [0.5, 0.6) is 0 Å². The minimum Gasteiger partial charge on any atom is -0.465 e. The van der Waals surface area contributed by atoms with Crippen molar-refractivity contribution in [1.82, 2.24) is 9.55 Å². The second-order valence-electron chi connectivity index (χ2n) is 3.25. The lowest BCUT2D eigenvalue weighted by Crippen LogP contribution is -2.17. The molecule has 0 spiro atoms. The van der Waals surface area contributed by atoms with Gasteiger partial charge in [-0.05, 0) is 13.3 Å². The van der Waals surface area contributed by atoms with E-state index in [-0.39, 0.29) is 11.2 Å². The number of nitrogens with zero attached hydrogens (tertiary/aromatic N) is 2. The van der Waals surface area contributed by atoms with E-state index in [0.29, 0.717) is 6.61 Å². The summed E-state index contributed by atoms with van der Waals surface area (Å²) in [6.07, 6.45) is 4.42. The number of esters is 1. The van der Waals surface area contributed by atoms with Crippen molar-refractivity contribution in [3.8, 4) is 0 Å². The highest BCUT2D eigenvalue weighted by Gasteiger charge is 2.17. The van der Waals surface area contributed by atoms with Crippen LogP contribution in [0.2, 0.25) is 0 Å². The molecule has 1 heterocycles. The molecule has 1 unspecified atom stereocenters. The van der Waals surface area contributed by atoms with E-state index in [9.17, 15) is 4.79 Å². The molecule has 4 nitrogen and oxygen atoms in total. The molecule has 1 atom stereocenters. The maximum Gasteiger partial charge on any atom is 0.319 e. The molecular formula is C10H16N2O2S. The fraction of sp³-hybridized carbons (Fsp3) is 0.600. The Hall–Kier alpha value is -0.970.